The predicted octanol–water partition coefficient (Wildman–Crippen LogP) is 2.35. The van der Waals surface area contributed by atoms with Gasteiger partial charge >= 0.3 is 5.78 Å². The molecule has 0 bridgehead atoms. The highest BCUT2D eigenvalue weighted by atomic mass is 16.3. The molecule has 0 unspecified atom stereocenters. The van der Waals surface area contributed by atoms with Crippen molar-refractivity contribution in [3.05, 3.63) is 77.9 Å². The second kappa shape index (κ2) is 5.12. The van der Waals surface area contributed by atoms with E-state index < -0.39 is 0 Å². The third kappa shape index (κ3) is 2.82. The second-order valence-corrected chi connectivity index (χ2v) is 3.68. The fourth-order valence-electron chi connectivity index (χ4n) is 1.53. The van der Waals surface area contributed by atoms with Crippen molar-refractivity contribution in [2.75, 3.05) is 0 Å². The molecule has 0 aromatic heterocycles. The lowest BCUT2D eigenvalue weighted by molar-refractivity contribution is 0.511. The van der Waals surface area contributed by atoms with E-state index in [0.717, 1.165) is 5.56 Å². The van der Waals surface area contributed by atoms with Crippen molar-refractivity contribution in [2.45, 2.75) is 0 Å². The van der Waals surface area contributed by atoms with E-state index in [1.807, 2.05) is 60.7 Å². The van der Waals surface area contributed by atoms with Gasteiger partial charge in [0.1, 0.15) is 6.08 Å². The Morgan fingerprint density at radius 2 is 1.29 bits per heavy atom. The Morgan fingerprint density at radius 3 is 1.82 bits per heavy atom. The summed E-state index contributed by atoms with van der Waals surface area (Å²) in [5, 5.41) is 7.87. The number of rotatable bonds is 3. The van der Waals surface area contributed by atoms with E-state index in [0.29, 0.717) is 11.3 Å². The van der Waals surface area contributed by atoms with Gasteiger partial charge in [-0.2, -0.15) is 0 Å². The van der Waals surface area contributed by atoms with Gasteiger partial charge in [0.25, 0.3) is 5.76 Å². The molecule has 84 valence electrons. The largest absolute Gasteiger partial charge is 0.593 e. The average molecular weight is 226 g/mol. The summed E-state index contributed by atoms with van der Waals surface area (Å²) in [6.45, 7) is 0. The van der Waals surface area contributed by atoms with E-state index in [1.54, 1.807) is 0 Å². The first kappa shape index (κ1) is 11.1. The normalized spacial score (nSPS) is 11.2. The van der Waals surface area contributed by atoms with Gasteiger partial charge < -0.3 is 5.11 Å². The molecule has 0 aliphatic carbocycles. The topological polar surface area (TPSA) is 44.3 Å². The zero-order valence-electron chi connectivity index (χ0n) is 9.30. The molecular formula is C15H14O2+2. The van der Waals surface area contributed by atoms with E-state index in [2.05, 4.69) is 0 Å². The van der Waals surface area contributed by atoms with Crippen LogP contribution in [0.2, 0.25) is 0 Å². The SMILES string of the molecule is [OH+]=C(/C=C(\[OH2+])c1ccccc1)c1ccccc1. The van der Waals surface area contributed by atoms with Crippen LogP contribution in [0.25, 0.3) is 5.76 Å². The van der Waals surface area contributed by atoms with Gasteiger partial charge in [-0.05, 0) is 24.3 Å². The highest BCUT2D eigenvalue weighted by Crippen LogP contribution is 2.11. The van der Waals surface area contributed by atoms with Crippen LogP contribution in [-0.4, -0.2) is 15.7 Å². The van der Waals surface area contributed by atoms with Crippen LogP contribution in [0, 0.1) is 0 Å². The summed E-state index contributed by atoms with van der Waals surface area (Å²) in [6, 6.07) is 18.5. The van der Waals surface area contributed by atoms with Crippen LogP contribution in [-0.2, 0) is 0 Å². The Balaban J connectivity index is 2.24. The molecule has 2 aromatic carbocycles. The van der Waals surface area contributed by atoms with Gasteiger partial charge in [-0.3, -0.25) is 4.79 Å². The molecule has 0 radical (unpaired) electrons. The summed E-state index contributed by atoms with van der Waals surface area (Å²) in [4.78, 5) is 9.87. The fraction of sp³-hybridized carbons (Fsp3) is 0. The van der Waals surface area contributed by atoms with E-state index in [-0.39, 0.29) is 5.78 Å². The fourth-order valence-corrected chi connectivity index (χ4v) is 1.53. The summed E-state index contributed by atoms with van der Waals surface area (Å²) in [5.41, 5.74) is 1.50. The third-order valence-electron chi connectivity index (χ3n) is 2.44. The lowest BCUT2D eigenvalue weighted by Crippen LogP contribution is -1.97. The maximum atomic E-state index is 9.87. The van der Waals surface area contributed by atoms with Gasteiger partial charge in [-0.1, -0.05) is 36.4 Å². The number of benzene rings is 2. The molecule has 2 nitrogen and oxygen atoms in total. The van der Waals surface area contributed by atoms with Crippen molar-refractivity contribution in [3.8, 4) is 0 Å². The Morgan fingerprint density at radius 1 is 0.824 bits per heavy atom. The van der Waals surface area contributed by atoms with Gasteiger partial charge in [0.2, 0.25) is 0 Å². The standard InChI is InChI=1S/C15H12O2/c16-14(12-7-3-1-4-8-12)11-15(17)13-9-5-2-6-10-13/h1-11,16H/p+2/b14-11-. The molecule has 0 atom stereocenters. The van der Waals surface area contributed by atoms with Crippen molar-refractivity contribution in [1.29, 1.82) is 0 Å². The van der Waals surface area contributed by atoms with Gasteiger partial charge in [-0.25, -0.2) is 0 Å². The Labute approximate surface area is 99.8 Å². The molecule has 0 saturated heterocycles. The van der Waals surface area contributed by atoms with Gasteiger partial charge in [0, 0.05) is 0 Å². The first-order valence-electron chi connectivity index (χ1n) is 5.37. The molecule has 0 heterocycles. The zero-order valence-corrected chi connectivity index (χ0v) is 9.30. The molecule has 3 N–H and O–H groups in total. The predicted molar refractivity (Wildman–Crippen MR) is 70.5 cm³/mol. The minimum atomic E-state index is 0.111. The molecule has 17 heavy (non-hydrogen) atoms. The van der Waals surface area contributed by atoms with Crippen molar-refractivity contribution in [3.63, 3.8) is 0 Å². The lowest BCUT2D eigenvalue weighted by Gasteiger charge is -1.94. The molecule has 0 spiro atoms. The van der Waals surface area contributed by atoms with E-state index in [4.69, 9.17) is 5.11 Å². The van der Waals surface area contributed by atoms with Crippen LogP contribution < -0.4 is 0 Å². The summed E-state index contributed by atoms with van der Waals surface area (Å²) in [5.74, 6) is 0.409. The first-order chi connectivity index (χ1) is 8.27. The summed E-state index contributed by atoms with van der Waals surface area (Å²) < 4.78 is 0. The highest BCUT2D eigenvalue weighted by Gasteiger charge is 2.13. The molecular weight excluding hydrogens is 212 g/mol. The van der Waals surface area contributed by atoms with E-state index in [9.17, 15) is 4.79 Å². The zero-order chi connectivity index (χ0) is 12.1. The summed E-state index contributed by atoms with van der Waals surface area (Å²) in [7, 11) is 0. The third-order valence-corrected chi connectivity index (χ3v) is 2.44. The van der Waals surface area contributed by atoms with Crippen LogP contribution in [0.15, 0.2) is 66.7 Å². The van der Waals surface area contributed by atoms with Crippen molar-refractivity contribution < 1.29 is 9.90 Å². The van der Waals surface area contributed by atoms with Crippen LogP contribution in [0.5, 0.6) is 0 Å². The molecule has 0 saturated carbocycles. The van der Waals surface area contributed by atoms with Crippen LogP contribution in [0.4, 0.5) is 0 Å². The van der Waals surface area contributed by atoms with Gasteiger partial charge in [0.05, 0.1) is 11.1 Å². The maximum absolute atomic E-state index is 9.87. The lowest BCUT2D eigenvalue weighted by atomic mass is 10.1. The number of hydrogen-bond acceptors (Lipinski definition) is 0. The Bertz CT molecular complexity index is 527. The maximum Gasteiger partial charge on any atom is 0.356 e. The van der Waals surface area contributed by atoms with Crippen LogP contribution >= 0.6 is 0 Å². The van der Waals surface area contributed by atoms with Crippen LogP contribution in [0.1, 0.15) is 11.1 Å². The highest BCUT2D eigenvalue weighted by molar-refractivity contribution is 6.08. The van der Waals surface area contributed by atoms with Crippen molar-refractivity contribution in [2.24, 2.45) is 0 Å². The first-order valence-corrected chi connectivity index (χ1v) is 5.37. The number of hydrogen-bond donors (Lipinski definition) is 0. The molecule has 2 rings (SSSR count). The summed E-state index contributed by atoms with van der Waals surface area (Å²) in [6.07, 6.45) is 1.46. The van der Waals surface area contributed by atoms with Gasteiger partial charge in [-0.15, -0.1) is 0 Å². The number of carbonyl (C=O) groups excluding carboxylic acids is 1. The quantitative estimate of drug-likeness (QED) is 0.334. The minimum Gasteiger partial charge on any atom is -0.593 e. The Hall–Kier alpha value is -2.35. The number of ketones is 1. The van der Waals surface area contributed by atoms with Gasteiger partial charge in [0.15, 0.2) is 0 Å². The smallest absolute Gasteiger partial charge is 0.356 e. The molecule has 0 aliphatic heterocycles. The van der Waals surface area contributed by atoms with Crippen molar-refractivity contribution >= 4 is 11.5 Å². The van der Waals surface area contributed by atoms with Crippen LogP contribution in [0.3, 0.4) is 0 Å². The van der Waals surface area contributed by atoms with Crippen molar-refractivity contribution in [1.82, 2.24) is 0 Å². The summed E-state index contributed by atoms with van der Waals surface area (Å²) >= 11 is 0. The van der Waals surface area contributed by atoms with E-state index in [1.165, 1.54) is 6.08 Å². The minimum absolute atomic E-state index is 0.111. The monoisotopic (exact) mass is 226 g/mol. The molecule has 0 amide bonds. The Kier molecular flexibility index (Phi) is 3.36. The second-order valence-electron chi connectivity index (χ2n) is 3.68. The molecule has 2 heteroatoms. The average Bonchev–Trinajstić information content (AvgIpc) is 2.40. The molecule has 0 aliphatic rings. The molecule has 0 fully saturated rings. The number of allylic oxidation sites excluding steroid dienone is 1. The van der Waals surface area contributed by atoms with E-state index >= 15 is 0 Å². The molecule has 2 aromatic rings.